The van der Waals surface area contributed by atoms with Crippen molar-refractivity contribution in [2.45, 2.75) is 19.8 Å². The topological polar surface area (TPSA) is 80.9 Å². The minimum atomic E-state index is -0.145. The number of rotatable bonds is 5. The molecule has 2 aromatic heterocycles. The first-order valence-electron chi connectivity index (χ1n) is 8.73. The monoisotopic (exact) mass is 358 g/mol. The Morgan fingerprint density at radius 3 is 2.67 bits per heavy atom. The molecule has 1 amide bonds. The summed E-state index contributed by atoms with van der Waals surface area (Å²) in [5.41, 5.74) is 2.90. The van der Waals surface area contributed by atoms with E-state index >= 15 is 0 Å². The molecule has 134 valence electrons. The molecule has 0 saturated heterocycles. The maximum Gasteiger partial charge on any atom is 0.227 e. The number of pyridine rings is 1. The Kier molecular flexibility index (Phi) is 4.61. The number of nitrogens with zero attached hydrogens (tertiary/aromatic N) is 3. The lowest BCUT2D eigenvalue weighted by Gasteiger charge is -2.04. The maximum absolute atomic E-state index is 12.2. The zero-order chi connectivity index (χ0) is 18.6. The normalized spacial score (nSPS) is 10.9. The fourth-order valence-corrected chi connectivity index (χ4v) is 2.74. The van der Waals surface area contributed by atoms with Gasteiger partial charge in [0.05, 0.1) is 5.52 Å². The second kappa shape index (κ2) is 7.37. The van der Waals surface area contributed by atoms with Crippen LogP contribution in [0.4, 0.5) is 5.82 Å². The first-order valence-corrected chi connectivity index (χ1v) is 8.73. The summed E-state index contributed by atoms with van der Waals surface area (Å²) >= 11 is 0. The van der Waals surface area contributed by atoms with E-state index in [4.69, 9.17) is 4.52 Å². The van der Waals surface area contributed by atoms with Crippen molar-refractivity contribution in [1.29, 1.82) is 0 Å². The van der Waals surface area contributed by atoms with Crippen molar-refractivity contribution in [1.82, 2.24) is 15.1 Å². The Morgan fingerprint density at radius 2 is 1.81 bits per heavy atom. The van der Waals surface area contributed by atoms with Crippen LogP contribution >= 0.6 is 0 Å². The van der Waals surface area contributed by atoms with Crippen molar-refractivity contribution in [3.8, 4) is 11.4 Å². The number of aryl methyl sites for hydroxylation is 2. The van der Waals surface area contributed by atoms with Crippen LogP contribution in [0.2, 0.25) is 0 Å². The van der Waals surface area contributed by atoms with Gasteiger partial charge in [-0.3, -0.25) is 4.79 Å². The molecular formula is C21H18N4O2. The fraction of sp³-hybridized carbons (Fsp3) is 0.143. The molecule has 0 radical (unpaired) electrons. The SMILES string of the molecule is Cc1ccc(-c2noc(CCC(=O)Nc3ccc4ccccc4n3)n2)cc1. The van der Waals surface area contributed by atoms with Gasteiger partial charge in [-0.2, -0.15) is 4.98 Å². The van der Waals surface area contributed by atoms with E-state index in [1.807, 2.05) is 61.5 Å². The molecule has 0 saturated carbocycles. The van der Waals surface area contributed by atoms with Crippen molar-refractivity contribution in [2.75, 3.05) is 5.32 Å². The Hall–Kier alpha value is -3.54. The largest absolute Gasteiger partial charge is 0.339 e. The third-order valence-corrected chi connectivity index (χ3v) is 4.21. The highest BCUT2D eigenvalue weighted by atomic mass is 16.5. The molecule has 6 nitrogen and oxygen atoms in total. The summed E-state index contributed by atoms with van der Waals surface area (Å²) in [7, 11) is 0. The van der Waals surface area contributed by atoms with E-state index in [2.05, 4.69) is 20.4 Å². The van der Waals surface area contributed by atoms with Gasteiger partial charge in [0.2, 0.25) is 17.6 Å². The van der Waals surface area contributed by atoms with Crippen molar-refractivity contribution < 1.29 is 9.32 Å². The molecule has 0 aliphatic carbocycles. The van der Waals surface area contributed by atoms with Gasteiger partial charge in [-0.15, -0.1) is 0 Å². The van der Waals surface area contributed by atoms with E-state index in [1.54, 1.807) is 6.07 Å². The molecule has 0 aliphatic rings. The number of aromatic nitrogens is 3. The van der Waals surface area contributed by atoms with Gasteiger partial charge < -0.3 is 9.84 Å². The molecule has 0 aliphatic heterocycles. The number of fused-ring (bicyclic) bond motifs is 1. The zero-order valence-electron chi connectivity index (χ0n) is 14.8. The van der Waals surface area contributed by atoms with Crippen LogP contribution in [0.25, 0.3) is 22.3 Å². The van der Waals surface area contributed by atoms with Crippen LogP contribution in [0.15, 0.2) is 65.2 Å². The number of nitrogens with one attached hydrogen (secondary N) is 1. The average molecular weight is 358 g/mol. The maximum atomic E-state index is 12.2. The first-order chi connectivity index (χ1) is 13.2. The molecule has 27 heavy (non-hydrogen) atoms. The van der Waals surface area contributed by atoms with Crippen LogP contribution in [0.1, 0.15) is 17.9 Å². The van der Waals surface area contributed by atoms with E-state index in [0.29, 0.717) is 24.0 Å². The third kappa shape index (κ3) is 4.00. The number of hydrogen-bond acceptors (Lipinski definition) is 5. The highest BCUT2D eigenvalue weighted by Crippen LogP contribution is 2.17. The summed E-state index contributed by atoms with van der Waals surface area (Å²) in [6, 6.07) is 19.4. The summed E-state index contributed by atoms with van der Waals surface area (Å²) in [4.78, 5) is 21.0. The van der Waals surface area contributed by atoms with Gasteiger partial charge in [0.15, 0.2) is 0 Å². The van der Waals surface area contributed by atoms with Gasteiger partial charge in [-0.1, -0.05) is 53.2 Å². The lowest BCUT2D eigenvalue weighted by atomic mass is 10.1. The van der Waals surface area contributed by atoms with Gasteiger partial charge in [0.1, 0.15) is 5.82 Å². The van der Waals surface area contributed by atoms with Crippen molar-refractivity contribution >= 4 is 22.6 Å². The van der Waals surface area contributed by atoms with E-state index in [0.717, 1.165) is 16.5 Å². The van der Waals surface area contributed by atoms with E-state index in [-0.39, 0.29) is 12.3 Å². The van der Waals surface area contributed by atoms with Crippen molar-refractivity contribution in [3.05, 3.63) is 72.1 Å². The molecule has 0 fully saturated rings. The molecule has 6 heteroatoms. The highest BCUT2D eigenvalue weighted by molar-refractivity contribution is 5.91. The molecule has 1 N–H and O–H groups in total. The Morgan fingerprint density at radius 1 is 1.00 bits per heavy atom. The average Bonchev–Trinajstić information content (AvgIpc) is 3.16. The summed E-state index contributed by atoms with van der Waals surface area (Å²) in [5, 5.41) is 7.82. The number of benzene rings is 2. The highest BCUT2D eigenvalue weighted by Gasteiger charge is 2.11. The van der Waals surface area contributed by atoms with Gasteiger partial charge >= 0.3 is 0 Å². The number of amides is 1. The predicted molar refractivity (Wildman–Crippen MR) is 103 cm³/mol. The third-order valence-electron chi connectivity index (χ3n) is 4.21. The van der Waals surface area contributed by atoms with E-state index in [9.17, 15) is 4.79 Å². The summed E-state index contributed by atoms with van der Waals surface area (Å²) < 4.78 is 5.25. The second-order valence-corrected chi connectivity index (χ2v) is 6.32. The first kappa shape index (κ1) is 16.9. The van der Waals surface area contributed by atoms with Crippen LogP contribution in [0.5, 0.6) is 0 Å². The molecule has 0 bridgehead atoms. The predicted octanol–water partition coefficient (Wildman–Crippen LogP) is 4.16. The van der Waals surface area contributed by atoms with Crippen LogP contribution in [0.3, 0.4) is 0 Å². The quantitative estimate of drug-likeness (QED) is 0.579. The van der Waals surface area contributed by atoms with E-state index in [1.165, 1.54) is 5.56 Å². The van der Waals surface area contributed by atoms with Gasteiger partial charge in [0.25, 0.3) is 0 Å². The number of carbonyl (C=O) groups is 1. The lowest BCUT2D eigenvalue weighted by molar-refractivity contribution is -0.116. The van der Waals surface area contributed by atoms with Crippen LogP contribution in [-0.2, 0) is 11.2 Å². The molecule has 0 unspecified atom stereocenters. The molecule has 4 aromatic rings. The van der Waals surface area contributed by atoms with Crippen molar-refractivity contribution in [3.63, 3.8) is 0 Å². The number of carbonyl (C=O) groups excluding carboxylic acids is 1. The van der Waals surface area contributed by atoms with Crippen LogP contribution < -0.4 is 5.32 Å². The lowest BCUT2D eigenvalue weighted by Crippen LogP contribution is -2.13. The molecule has 4 rings (SSSR count). The summed E-state index contributed by atoms with van der Waals surface area (Å²) in [6.07, 6.45) is 0.613. The molecule has 2 heterocycles. The minimum Gasteiger partial charge on any atom is -0.339 e. The van der Waals surface area contributed by atoms with Gasteiger partial charge in [-0.25, -0.2) is 4.98 Å². The van der Waals surface area contributed by atoms with Crippen LogP contribution in [0, 0.1) is 6.92 Å². The summed E-state index contributed by atoms with van der Waals surface area (Å²) in [5.74, 6) is 1.35. The number of para-hydroxylation sites is 1. The smallest absolute Gasteiger partial charge is 0.227 e. The molecule has 0 spiro atoms. The Labute approximate surface area is 156 Å². The van der Waals surface area contributed by atoms with Crippen LogP contribution in [-0.4, -0.2) is 21.0 Å². The fourth-order valence-electron chi connectivity index (χ4n) is 2.74. The zero-order valence-corrected chi connectivity index (χ0v) is 14.8. The standard InChI is InChI=1S/C21H18N4O2/c1-14-6-8-16(9-7-14)21-24-20(27-25-21)13-12-19(26)23-18-11-10-15-4-2-3-5-17(15)22-18/h2-11H,12-13H2,1H3,(H,22,23,26). The number of hydrogen-bond donors (Lipinski definition) is 1. The van der Waals surface area contributed by atoms with Gasteiger partial charge in [-0.05, 0) is 25.1 Å². The minimum absolute atomic E-state index is 0.145. The molecular weight excluding hydrogens is 340 g/mol. The number of anilines is 1. The van der Waals surface area contributed by atoms with Gasteiger partial charge in [0, 0.05) is 23.8 Å². The Bertz CT molecular complexity index is 1090. The van der Waals surface area contributed by atoms with E-state index < -0.39 is 0 Å². The molecule has 0 atom stereocenters. The molecule has 2 aromatic carbocycles. The van der Waals surface area contributed by atoms with Crippen molar-refractivity contribution in [2.24, 2.45) is 0 Å². The Balaban J connectivity index is 1.37. The second-order valence-electron chi connectivity index (χ2n) is 6.32. The summed E-state index contributed by atoms with van der Waals surface area (Å²) in [6.45, 7) is 2.02.